The first kappa shape index (κ1) is 4.24. The molecule has 0 aromatic rings. The molecule has 0 amide bonds. The Morgan fingerprint density at radius 1 is 1.57 bits per heavy atom. The van der Waals surface area contributed by atoms with E-state index in [1.165, 1.54) is 0 Å². The number of allylic oxidation sites excluding steroid dienone is 1. The van der Waals surface area contributed by atoms with E-state index in [0.29, 0.717) is 6.54 Å². The smallest absolute Gasteiger partial charge is 0.245 e. The van der Waals surface area contributed by atoms with Crippen molar-refractivity contribution >= 4 is 12.4 Å². The third-order valence-electron chi connectivity index (χ3n) is 0.656. The SMILES string of the molecule is C1=CN=CC[N+]=C1. The predicted octanol–water partition coefficient (Wildman–Crippen LogP) is -0.00890. The summed E-state index contributed by atoms with van der Waals surface area (Å²) in [4.78, 5) is 7.75. The van der Waals surface area contributed by atoms with Crippen molar-refractivity contribution in [2.45, 2.75) is 0 Å². The Bertz CT molecular complexity index is 108. The molecular formula is C5H6N2+. The zero-order valence-corrected chi connectivity index (χ0v) is 3.91. The van der Waals surface area contributed by atoms with Crippen LogP contribution >= 0.6 is 0 Å². The average molecular weight is 94.1 g/mol. The van der Waals surface area contributed by atoms with E-state index in [2.05, 4.69) is 9.98 Å². The summed E-state index contributed by atoms with van der Waals surface area (Å²) in [6.45, 7) is 0.715. The monoisotopic (exact) mass is 94.1 g/mol. The van der Waals surface area contributed by atoms with Gasteiger partial charge in [-0.25, -0.2) is 0 Å². The normalized spacial score (nSPS) is 17.1. The molecule has 2 heteroatoms. The molecule has 1 radical (unpaired) electrons. The summed E-state index contributed by atoms with van der Waals surface area (Å²) in [7, 11) is 0. The van der Waals surface area contributed by atoms with E-state index < -0.39 is 0 Å². The first-order valence-corrected chi connectivity index (χ1v) is 2.17. The van der Waals surface area contributed by atoms with E-state index in [1.807, 2.05) is 6.08 Å². The topological polar surface area (TPSA) is 26.5 Å². The van der Waals surface area contributed by atoms with Gasteiger partial charge in [0, 0.05) is 17.3 Å². The Labute approximate surface area is 42.3 Å². The van der Waals surface area contributed by atoms with Crippen LogP contribution in [0.15, 0.2) is 17.3 Å². The van der Waals surface area contributed by atoms with Gasteiger partial charge in [0.15, 0.2) is 0 Å². The van der Waals surface area contributed by atoms with Crippen LogP contribution in [0.4, 0.5) is 0 Å². The molecule has 0 saturated heterocycles. The van der Waals surface area contributed by atoms with E-state index >= 15 is 0 Å². The summed E-state index contributed by atoms with van der Waals surface area (Å²) in [6, 6.07) is 0. The molecule has 1 rings (SSSR count). The van der Waals surface area contributed by atoms with Crippen LogP contribution in [0.25, 0.3) is 0 Å². The highest BCUT2D eigenvalue weighted by atomic mass is 14.8. The van der Waals surface area contributed by atoms with Crippen molar-refractivity contribution in [3.63, 3.8) is 0 Å². The maximum absolute atomic E-state index is 3.91. The molecule has 7 heavy (non-hydrogen) atoms. The fourth-order valence-corrected chi connectivity index (χ4v) is 0.365. The lowest BCUT2D eigenvalue weighted by Gasteiger charge is -1.60. The molecular weight excluding hydrogens is 88.1 g/mol. The van der Waals surface area contributed by atoms with Gasteiger partial charge in [0.1, 0.15) is 0 Å². The van der Waals surface area contributed by atoms with Crippen LogP contribution in [-0.2, 0) is 0 Å². The van der Waals surface area contributed by atoms with Crippen LogP contribution in [0.3, 0.4) is 0 Å². The average Bonchev–Trinajstić information content (AvgIpc) is 1.90. The molecule has 2 nitrogen and oxygen atoms in total. The summed E-state index contributed by atoms with van der Waals surface area (Å²) >= 11 is 0. The second-order valence-electron chi connectivity index (χ2n) is 1.19. The van der Waals surface area contributed by atoms with Crippen LogP contribution in [-0.4, -0.2) is 19.0 Å². The van der Waals surface area contributed by atoms with Crippen LogP contribution in [0, 0.1) is 0 Å². The molecule has 0 N–H and O–H groups in total. The van der Waals surface area contributed by atoms with E-state index in [9.17, 15) is 0 Å². The standard InChI is InChI=1S/C5H6N2/c1-2-6-4-5-7-3-1/h1-4H,5H2/q+1. The molecule has 0 aromatic heterocycles. The van der Waals surface area contributed by atoms with Crippen molar-refractivity contribution in [1.29, 1.82) is 0 Å². The molecule has 0 atom stereocenters. The molecule has 0 aliphatic carbocycles. The minimum absolute atomic E-state index is 0.715. The van der Waals surface area contributed by atoms with Crippen LogP contribution < -0.4 is 4.99 Å². The Hall–Kier alpha value is -0.920. The van der Waals surface area contributed by atoms with E-state index in [1.54, 1.807) is 18.6 Å². The van der Waals surface area contributed by atoms with E-state index in [0.717, 1.165) is 0 Å². The van der Waals surface area contributed by atoms with Crippen molar-refractivity contribution in [1.82, 2.24) is 4.99 Å². The maximum Gasteiger partial charge on any atom is 0.245 e. The van der Waals surface area contributed by atoms with Gasteiger partial charge in [0.25, 0.3) is 0 Å². The molecule has 0 fully saturated rings. The molecule has 1 heterocycles. The van der Waals surface area contributed by atoms with Crippen molar-refractivity contribution in [2.24, 2.45) is 4.99 Å². The number of aliphatic imine (C=N–C) groups is 2. The predicted molar refractivity (Wildman–Crippen MR) is 30.7 cm³/mol. The summed E-state index contributed by atoms with van der Waals surface area (Å²) in [5.41, 5.74) is 0. The van der Waals surface area contributed by atoms with Gasteiger partial charge in [-0.2, -0.15) is 0 Å². The van der Waals surface area contributed by atoms with Gasteiger partial charge in [0.2, 0.25) is 12.8 Å². The Morgan fingerprint density at radius 2 is 2.57 bits per heavy atom. The number of rotatable bonds is 0. The molecule has 35 valence electrons. The number of nitrogens with zero attached hydrogens (tertiary/aromatic N) is 2. The van der Waals surface area contributed by atoms with Gasteiger partial charge >= 0.3 is 0 Å². The zero-order valence-electron chi connectivity index (χ0n) is 3.91. The van der Waals surface area contributed by atoms with Gasteiger partial charge in [0.05, 0.1) is 6.21 Å². The first-order chi connectivity index (χ1) is 3.50. The molecule has 1 aliphatic heterocycles. The Morgan fingerprint density at radius 3 is 3.57 bits per heavy atom. The Kier molecular flexibility index (Phi) is 1.39. The minimum Gasteiger partial charge on any atom is -0.262 e. The molecule has 0 aromatic carbocycles. The van der Waals surface area contributed by atoms with E-state index in [-0.39, 0.29) is 0 Å². The highest BCUT2D eigenvalue weighted by molar-refractivity contribution is 5.74. The lowest BCUT2D eigenvalue weighted by atomic mass is 10.7. The van der Waals surface area contributed by atoms with Crippen LogP contribution in [0.5, 0.6) is 0 Å². The highest BCUT2D eigenvalue weighted by Gasteiger charge is 1.85. The molecule has 1 aliphatic rings. The van der Waals surface area contributed by atoms with Crippen LogP contribution in [0.1, 0.15) is 0 Å². The summed E-state index contributed by atoms with van der Waals surface area (Å²) in [5, 5.41) is 0. The molecule has 0 spiro atoms. The summed E-state index contributed by atoms with van der Waals surface area (Å²) in [5.74, 6) is 0. The van der Waals surface area contributed by atoms with Gasteiger partial charge in [-0.05, 0) is 0 Å². The van der Waals surface area contributed by atoms with Crippen molar-refractivity contribution < 1.29 is 0 Å². The lowest BCUT2D eigenvalue weighted by Crippen LogP contribution is -1.92. The largest absolute Gasteiger partial charge is 0.262 e. The van der Waals surface area contributed by atoms with Gasteiger partial charge in [-0.1, -0.05) is 0 Å². The van der Waals surface area contributed by atoms with Crippen LogP contribution in [0.2, 0.25) is 0 Å². The van der Waals surface area contributed by atoms with E-state index in [4.69, 9.17) is 0 Å². The lowest BCUT2D eigenvalue weighted by molar-refractivity contribution is 1.19. The zero-order chi connectivity index (χ0) is 4.95. The third-order valence-corrected chi connectivity index (χ3v) is 0.656. The van der Waals surface area contributed by atoms with Crippen molar-refractivity contribution in [3.05, 3.63) is 12.3 Å². The summed E-state index contributed by atoms with van der Waals surface area (Å²) in [6.07, 6.45) is 7.03. The molecule has 0 saturated carbocycles. The molecule has 0 unspecified atom stereocenters. The number of hydrogen-bond acceptors (Lipinski definition) is 2. The first-order valence-electron chi connectivity index (χ1n) is 2.17. The molecule has 0 bridgehead atoms. The third kappa shape index (κ3) is 1.30. The van der Waals surface area contributed by atoms with Gasteiger partial charge in [-0.15, -0.1) is 0 Å². The van der Waals surface area contributed by atoms with Gasteiger partial charge < -0.3 is 0 Å². The van der Waals surface area contributed by atoms with Gasteiger partial charge in [-0.3, -0.25) is 4.99 Å². The fraction of sp³-hybridized carbons (Fsp3) is 0.200. The fourth-order valence-electron chi connectivity index (χ4n) is 0.365. The second kappa shape index (κ2) is 2.29. The number of hydrogen-bond donors (Lipinski definition) is 0. The highest BCUT2D eigenvalue weighted by Crippen LogP contribution is 1.70. The second-order valence-corrected chi connectivity index (χ2v) is 1.19. The van der Waals surface area contributed by atoms with Crippen molar-refractivity contribution in [3.8, 4) is 0 Å². The maximum atomic E-state index is 3.91. The summed E-state index contributed by atoms with van der Waals surface area (Å²) < 4.78 is 0. The minimum atomic E-state index is 0.715. The van der Waals surface area contributed by atoms with Crippen molar-refractivity contribution in [2.75, 3.05) is 6.54 Å². The Balaban J connectivity index is 2.60. The quantitative estimate of drug-likeness (QED) is 0.403.